The summed E-state index contributed by atoms with van der Waals surface area (Å²) in [6.45, 7) is 1.47. The zero-order valence-corrected chi connectivity index (χ0v) is 16.2. The van der Waals surface area contributed by atoms with E-state index in [0.717, 1.165) is 4.90 Å². The summed E-state index contributed by atoms with van der Waals surface area (Å²) in [4.78, 5) is 53.8. The fourth-order valence-corrected chi connectivity index (χ4v) is 3.47. The summed E-state index contributed by atoms with van der Waals surface area (Å²) in [6.07, 6.45) is 0. The summed E-state index contributed by atoms with van der Waals surface area (Å²) in [6, 6.07) is 22.8. The van der Waals surface area contributed by atoms with E-state index in [2.05, 4.69) is 0 Å². The van der Waals surface area contributed by atoms with E-state index in [1.165, 1.54) is 13.0 Å². The molecule has 0 radical (unpaired) electrons. The van der Waals surface area contributed by atoms with Crippen LogP contribution in [0.5, 0.6) is 0 Å². The quantitative estimate of drug-likeness (QED) is 0.619. The Kier molecular flexibility index (Phi) is 4.94. The van der Waals surface area contributed by atoms with E-state index in [1.54, 1.807) is 78.9 Å². The first-order valence-electron chi connectivity index (χ1n) is 9.39. The molecular weight excluding hydrogens is 378 g/mol. The van der Waals surface area contributed by atoms with Gasteiger partial charge >= 0.3 is 0 Å². The van der Waals surface area contributed by atoms with Gasteiger partial charge in [0, 0.05) is 27.8 Å². The lowest BCUT2D eigenvalue weighted by molar-refractivity contribution is 0.0640. The van der Waals surface area contributed by atoms with Crippen molar-refractivity contribution in [2.45, 2.75) is 6.92 Å². The number of fused-ring (bicyclic) bond motifs is 1. The maximum absolute atomic E-state index is 13.4. The van der Waals surface area contributed by atoms with Crippen LogP contribution in [-0.2, 0) is 0 Å². The van der Waals surface area contributed by atoms with Crippen molar-refractivity contribution in [2.24, 2.45) is 0 Å². The van der Waals surface area contributed by atoms with Gasteiger partial charge in [-0.15, -0.1) is 0 Å². The second kappa shape index (κ2) is 7.72. The Morgan fingerprint density at radius 3 is 1.47 bits per heavy atom. The van der Waals surface area contributed by atoms with Crippen LogP contribution in [0, 0.1) is 0 Å². The number of benzene rings is 3. The van der Waals surface area contributed by atoms with Gasteiger partial charge in [-0.25, -0.2) is 4.90 Å². The molecule has 0 fully saturated rings. The molecule has 30 heavy (non-hydrogen) atoms. The van der Waals surface area contributed by atoms with Crippen molar-refractivity contribution >= 4 is 23.4 Å². The standard InChI is InChI=1S/C25H17NO4/c1-16-21(23(28)20-15-9-8-14-19(20)22(16)27)26(24(29)17-10-4-2-5-11-17)25(30)18-12-6-3-7-13-18/h2-15H,1H3. The average molecular weight is 395 g/mol. The van der Waals surface area contributed by atoms with Gasteiger partial charge in [-0.05, 0) is 31.2 Å². The fourth-order valence-electron chi connectivity index (χ4n) is 3.47. The molecule has 0 N–H and O–H groups in total. The smallest absolute Gasteiger partial charge is 0.265 e. The number of carbonyl (C=O) groups is 4. The van der Waals surface area contributed by atoms with Crippen molar-refractivity contribution in [3.05, 3.63) is 118 Å². The monoisotopic (exact) mass is 395 g/mol. The number of nitrogens with zero attached hydrogens (tertiary/aromatic N) is 1. The lowest BCUT2D eigenvalue weighted by Gasteiger charge is -2.28. The first-order valence-corrected chi connectivity index (χ1v) is 9.39. The zero-order valence-electron chi connectivity index (χ0n) is 16.2. The highest BCUT2D eigenvalue weighted by atomic mass is 16.2. The molecule has 4 rings (SSSR count). The van der Waals surface area contributed by atoms with Gasteiger partial charge in [-0.2, -0.15) is 0 Å². The average Bonchev–Trinajstić information content (AvgIpc) is 2.80. The molecule has 0 saturated carbocycles. The number of carbonyl (C=O) groups excluding carboxylic acids is 4. The van der Waals surface area contributed by atoms with Crippen LogP contribution >= 0.6 is 0 Å². The number of ketones is 2. The van der Waals surface area contributed by atoms with Gasteiger partial charge in [0.05, 0.1) is 0 Å². The molecule has 0 aromatic heterocycles. The van der Waals surface area contributed by atoms with Gasteiger partial charge in [-0.1, -0.05) is 60.7 Å². The molecule has 0 unspecified atom stereocenters. The van der Waals surface area contributed by atoms with Crippen molar-refractivity contribution in [1.82, 2.24) is 4.90 Å². The molecule has 5 nitrogen and oxygen atoms in total. The summed E-state index contributed by atoms with van der Waals surface area (Å²) in [5, 5.41) is 0. The van der Waals surface area contributed by atoms with Crippen LogP contribution < -0.4 is 0 Å². The maximum atomic E-state index is 13.4. The third kappa shape index (κ3) is 3.16. The Labute approximate surface area is 173 Å². The van der Waals surface area contributed by atoms with Crippen molar-refractivity contribution in [3.63, 3.8) is 0 Å². The SMILES string of the molecule is CC1=C(N(C(=O)c2ccccc2)C(=O)c2ccccc2)C(=O)c2ccccc2C1=O. The molecule has 3 aromatic carbocycles. The van der Waals surface area contributed by atoms with E-state index < -0.39 is 17.6 Å². The van der Waals surface area contributed by atoms with Gasteiger partial charge in [-0.3, -0.25) is 19.2 Å². The van der Waals surface area contributed by atoms with Crippen LogP contribution in [0.4, 0.5) is 0 Å². The summed E-state index contributed by atoms with van der Waals surface area (Å²) >= 11 is 0. The lowest BCUT2D eigenvalue weighted by Crippen LogP contribution is -2.42. The molecule has 146 valence electrons. The molecule has 3 aromatic rings. The summed E-state index contributed by atoms with van der Waals surface area (Å²) in [5.74, 6) is -2.25. The second-order valence-electron chi connectivity index (χ2n) is 6.86. The molecule has 1 aliphatic carbocycles. The van der Waals surface area contributed by atoms with Crippen LogP contribution in [0.15, 0.2) is 96.2 Å². The zero-order chi connectivity index (χ0) is 21.3. The highest BCUT2D eigenvalue weighted by Crippen LogP contribution is 2.30. The second-order valence-corrected chi connectivity index (χ2v) is 6.86. The minimum atomic E-state index is -0.667. The van der Waals surface area contributed by atoms with E-state index in [-0.39, 0.29) is 39.3 Å². The molecule has 0 aliphatic heterocycles. The number of hydrogen-bond acceptors (Lipinski definition) is 4. The molecule has 0 bridgehead atoms. The van der Waals surface area contributed by atoms with Gasteiger partial charge in [0.25, 0.3) is 11.8 Å². The van der Waals surface area contributed by atoms with E-state index in [0.29, 0.717) is 0 Å². The number of hydrogen-bond donors (Lipinski definition) is 0. The van der Waals surface area contributed by atoms with Crippen molar-refractivity contribution in [3.8, 4) is 0 Å². The van der Waals surface area contributed by atoms with Gasteiger partial charge in [0.2, 0.25) is 5.78 Å². The molecule has 0 saturated heterocycles. The molecule has 0 spiro atoms. The first kappa shape index (κ1) is 19.2. The summed E-state index contributed by atoms with van der Waals surface area (Å²) < 4.78 is 0. The third-order valence-corrected chi connectivity index (χ3v) is 5.00. The van der Waals surface area contributed by atoms with E-state index >= 15 is 0 Å². The first-order chi connectivity index (χ1) is 14.5. The predicted octanol–water partition coefficient (Wildman–Crippen LogP) is 4.32. The molecule has 1 aliphatic rings. The Balaban J connectivity index is 1.91. The Morgan fingerprint density at radius 1 is 0.600 bits per heavy atom. The molecule has 2 amide bonds. The number of Topliss-reactive ketones (excluding diaryl/α,β-unsaturated/α-hetero) is 2. The number of amides is 2. The lowest BCUT2D eigenvalue weighted by atomic mass is 9.87. The summed E-state index contributed by atoms with van der Waals surface area (Å²) in [7, 11) is 0. The molecule has 5 heteroatoms. The molecule has 0 heterocycles. The van der Waals surface area contributed by atoms with Crippen LogP contribution in [0.25, 0.3) is 0 Å². The largest absolute Gasteiger partial charge is 0.289 e. The number of allylic oxidation sites excluding steroid dienone is 2. The van der Waals surface area contributed by atoms with Gasteiger partial charge < -0.3 is 0 Å². The van der Waals surface area contributed by atoms with Crippen molar-refractivity contribution in [1.29, 1.82) is 0 Å². The van der Waals surface area contributed by atoms with Crippen LogP contribution in [-0.4, -0.2) is 28.3 Å². The van der Waals surface area contributed by atoms with Gasteiger partial charge in [0.1, 0.15) is 5.70 Å². The highest BCUT2D eigenvalue weighted by molar-refractivity contribution is 6.29. The minimum absolute atomic E-state index is 0.0623. The Hall–Kier alpha value is -4.12. The van der Waals surface area contributed by atoms with Crippen molar-refractivity contribution in [2.75, 3.05) is 0 Å². The highest BCUT2D eigenvalue weighted by Gasteiger charge is 2.38. The van der Waals surface area contributed by atoms with E-state index in [4.69, 9.17) is 0 Å². The van der Waals surface area contributed by atoms with Crippen LogP contribution in [0.1, 0.15) is 48.4 Å². The normalized spacial score (nSPS) is 13.1. The minimum Gasteiger partial charge on any atom is -0.289 e. The van der Waals surface area contributed by atoms with Crippen LogP contribution in [0.2, 0.25) is 0 Å². The number of rotatable bonds is 3. The summed E-state index contributed by atoms with van der Waals surface area (Å²) in [5.41, 5.74) is 0.772. The third-order valence-electron chi connectivity index (χ3n) is 5.00. The van der Waals surface area contributed by atoms with E-state index in [9.17, 15) is 19.2 Å². The number of imide groups is 1. The fraction of sp³-hybridized carbons (Fsp3) is 0.0400. The Bertz CT molecular complexity index is 1160. The topological polar surface area (TPSA) is 71.5 Å². The predicted molar refractivity (Wildman–Crippen MR) is 111 cm³/mol. The van der Waals surface area contributed by atoms with Crippen LogP contribution in [0.3, 0.4) is 0 Å². The molecular formula is C25H17NO4. The Morgan fingerprint density at radius 2 is 1.00 bits per heavy atom. The van der Waals surface area contributed by atoms with Gasteiger partial charge in [0.15, 0.2) is 5.78 Å². The van der Waals surface area contributed by atoms with Crippen molar-refractivity contribution < 1.29 is 19.2 Å². The van der Waals surface area contributed by atoms with E-state index in [1.807, 2.05) is 0 Å². The maximum Gasteiger partial charge on any atom is 0.265 e. The molecule has 0 atom stereocenters.